The fourth-order valence-electron chi connectivity index (χ4n) is 2.56. The lowest BCUT2D eigenvalue weighted by molar-refractivity contribution is 0.475. The Morgan fingerprint density at radius 2 is 1.57 bits per heavy atom. The van der Waals surface area contributed by atoms with Crippen molar-refractivity contribution in [1.82, 2.24) is 0 Å². The average Bonchev–Trinajstić information content (AvgIpc) is 2.48. The molecule has 0 unspecified atom stereocenters. The molecule has 0 saturated heterocycles. The van der Waals surface area contributed by atoms with E-state index in [9.17, 15) is 5.11 Å². The summed E-state index contributed by atoms with van der Waals surface area (Å²) in [5.41, 5.74) is 3.98. The number of benzene rings is 3. The molecule has 0 saturated carbocycles. The first-order valence-electron chi connectivity index (χ1n) is 6.98. The van der Waals surface area contributed by atoms with Gasteiger partial charge in [0, 0.05) is 11.8 Å². The Kier molecular flexibility index (Phi) is 3.44. The van der Waals surface area contributed by atoms with E-state index in [1.54, 1.807) is 12.3 Å². The lowest BCUT2D eigenvalue weighted by Crippen LogP contribution is -1.87. The van der Waals surface area contributed by atoms with Gasteiger partial charge < -0.3 is 5.11 Å². The monoisotopic (exact) mass is 275 g/mol. The highest BCUT2D eigenvalue weighted by atomic mass is 16.3. The minimum absolute atomic E-state index is 0.253. The smallest absolute Gasteiger partial charge is 0.124 e. The van der Waals surface area contributed by atoms with Crippen LogP contribution in [-0.2, 0) is 0 Å². The van der Waals surface area contributed by atoms with Gasteiger partial charge in [0.05, 0.1) is 5.69 Å². The zero-order chi connectivity index (χ0) is 14.8. The molecule has 3 aromatic rings. The van der Waals surface area contributed by atoms with Crippen molar-refractivity contribution in [3.63, 3.8) is 0 Å². The Bertz CT molecular complexity index is 814. The van der Waals surface area contributed by atoms with Gasteiger partial charge in [0.2, 0.25) is 0 Å². The molecule has 2 nitrogen and oxygen atoms in total. The van der Waals surface area contributed by atoms with Crippen molar-refractivity contribution in [3.05, 3.63) is 71.3 Å². The van der Waals surface area contributed by atoms with Gasteiger partial charge in [-0.1, -0.05) is 48.5 Å². The van der Waals surface area contributed by atoms with Crippen LogP contribution in [0.25, 0.3) is 10.8 Å². The van der Waals surface area contributed by atoms with Gasteiger partial charge in [0.25, 0.3) is 0 Å². The zero-order valence-corrected chi connectivity index (χ0v) is 12.2. The Balaban J connectivity index is 2.14. The second-order valence-corrected chi connectivity index (χ2v) is 5.22. The van der Waals surface area contributed by atoms with Crippen molar-refractivity contribution < 1.29 is 5.11 Å². The van der Waals surface area contributed by atoms with Crippen molar-refractivity contribution >= 4 is 22.7 Å². The molecule has 0 aromatic heterocycles. The summed E-state index contributed by atoms with van der Waals surface area (Å²) in [5.74, 6) is 0.253. The Hall–Kier alpha value is -2.61. The topological polar surface area (TPSA) is 32.6 Å². The molecule has 0 radical (unpaired) electrons. The van der Waals surface area contributed by atoms with Crippen LogP contribution in [0.1, 0.15) is 16.7 Å². The van der Waals surface area contributed by atoms with Crippen molar-refractivity contribution in [1.29, 1.82) is 0 Å². The van der Waals surface area contributed by atoms with Crippen molar-refractivity contribution in [2.45, 2.75) is 13.8 Å². The van der Waals surface area contributed by atoms with Crippen LogP contribution in [-0.4, -0.2) is 11.3 Å². The van der Waals surface area contributed by atoms with Crippen molar-refractivity contribution in [3.8, 4) is 5.75 Å². The lowest BCUT2D eigenvalue weighted by atomic mass is 10.0. The van der Waals surface area contributed by atoms with E-state index in [0.717, 1.165) is 33.2 Å². The molecule has 3 aromatic carbocycles. The molecule has 21 heavy (non-hydrogen) atoms. The predicted octanol–water partition coefficient (Wildman–Crippen LogP) is 4.91. The number of phenolic OH excluding ortho intramolecular Hbond substituents is 1. The third-order valence-electron chi connectivity index (χ3n) is 3.71. The number of hydrogen-bond donors (Lipinski definition) is 1. The molecule has 0 atom stereocenters. The largest absolute Gasteiger partial charge is 0.507 e. The molecule has 1 N–H and O–H groups in total. The van der Waals surface area contributed by atoms with E-state index in [1.807, 2.05) is 62.4 Å². The van der Waals surface area contributed by atoms with Gasteiger partial charge in [-0.3, -0.25) is 4.99 Å². The van der Waals surface area contributed by atoms with Gasteiger partial charge in [0.15, 0.2) is 0 Å². The van der Waals surface area contributed by atoms with Gasteiger partial charge in [0.1, 0.15) is 5.75 Å². The number of para-hydroxylation sites is 1. The first-order valence-corrected chi connectivity index (χ1v) is 6.98. The summed E-state index contributed by atoms with van der Waals surface area (Å²) >= 11 is 0. The number of rotatable bonds is 2. The maximum Gasteiger partial charge on any atom is 0.124 e. The molecule has 0 spiro atoms. The number of aryl methyl sites for hydroxylation is 2. The SMILES string of the molecule is Cc1cccc(C)c1N=Cc1c(O)ccc2ccccc12. The quantitative estimate of drug-likeness (QED) is 0.662. The lowest BCUT2D eigenvalue weighted by Gasteiger charge is -2.06. The molecule has 0 aliphatic heterocycles. The van der Waals surface area contributed by atoms with Crippen LogP contribution in [0.4, 0.5) is 5.69 Å². The molecule has 2 heteroatoms. The third-order valence-corrected chi connectivity index (χ3v) is 3.71. The van der Waals surface area contributed by atoms with E-state index in [0.29, 0.717) is 0 Å². The fraction of sp³-hybridized carbons (Fsp3) is 0.105. The molecule has 0 aliphatic carbocycles. The van der Waals surface area contributed by atoms with Crippen LogP contribution in [0.2, 0.25) is 0 Å². The summed E-state index contributed by atoms with van der Waals surface area (Å²) in [6, 6.07) is 17.7. The third kappa shape index (κ3) is 2.52. The Morgan fingerprint density at radius 3 is 2.33 bits per heavy atom. The van der Waals surface area contributed by atoms with E-state index >= 15 is 0 Å². The second-order valence-electron chi connectivity index (χ2n) is 5.22. The van der Waals surface area contributed by atoms with Crippen LogP contribution < -0.4 is 0 Å². The summed E-state index contributed by atoms with van der Waals surface area (Å²) in [6.07, 6.45) is 1.76. The molecule has 104 valence electrons. The standard InChI is InChI=1S/C19H17NO/c1-13-6-5-7-14(2)19(13)20-12-17-16-9-4-3-8-15(16)10-11-18(17)21/h3-12,21H,1-2H3. The zero-order valence-electron chi connectivity index (χ0n) is 12.2. The van der Waals surface area contributed by atoms with Crippen LogP contribution in [0.3, 0.4) is 0 Å². The Labute approximate surface area is 124 Å². The summed E-state index contributed by atoms with van der Waals surface area (Å²) in [5, 5.41) is 12.2. The minimum atomic E-state index is 0.253. The van der Waals surface area contributed by atoms with Crippen LogP contribution in [0, 0.1) is 13.8 Å². The van der Waals surface area contributed by atoms with E-state index in [4.69, 9.17) is 0 Å². The number of fused-ring (bicyclic) bond motifs is 1. The molecular weight excluding hydrogens is 258 g/mol. The first kappa shape index (κ1) is 13.4. The average molecular weight is 275 g/mol. The number of aromatic hydroxyl groups is 1. The van der Waals surface area contributed by atoms with E-state index in [-0.39, 0.29) is 5.75 Å². The fourth-order valence-corrected chi connectivity index (χ4v) is 2.56. The Morgan fingerprint density at radius 1 is 0.857 bits per heavy atom. The van der Waals surface area contributed by atoms with Crippen LogP contribution in [0.15, 0.2) is 59.6 Å². The van der Waals surface area contributed by atoms with E-state index < -0.39 is 0 Å². The number of hydrogen-bond acceptors (Lipinski definition) is 2. The molecule has 3 rings (SSSR count). The van der Waals surface area contributed by atoms with Crippen molar-refractivity contribution in [2.75, 3.05) is 0 Å². The summed E-state index contributed by atoms with van der Waals surface area (Å²) in [7, 11) is 0. The van der Waals surface area contributed by atoms with E-state index in [2.05, 4.69) is 4.99 Å². The molecule has 0 fully saturated rings. The molecular formula is C19H17NO. The first-order chi connectivity index (χ1) is 10.2. The summed E-state index contributed by atoms with van der Waals surface area (Å²) < 4.78 is 0. The number of aliphatic imine (C=N–C) groups is 1. The maximum atomic E-state index is 10.1. The normalized spacial score (nSPS) is 11.3. The number of phenols is 1. The van der Waals surface area contributed by atoms with Gasteiger partial charge in [-0.2, -0.15) is 0 Å². The number of nitrogens with zero attached hydrogens (tertiary/aromatic N) is 1. The summed E-state index contributed by atoms with van der Waals surface area (Å²) in [6.45, 7) is 4.09. The molecule has 0 amide bonds. The van der Waals surface area contributed by atoms with Crippen LogP contribution >= 0.6 is 0 Å². The highest BCUT2D eigenvalue weighted by Gasteiger charge is 2.05. The van der Waals surface area contributed by atoms with Gasteiger partial charge in [-0.25, -0.2) is 0 Å². The summed E-state index contributed by atoms with van der Waals surface area (Å²) in [4.78, 5) is 4.60. The van der Waals surface area contributed by atoms with Gasteiger partial charge >= 0.3 is 0 Å². The minimum Gasteiger partial charge on any atom is -0.507 e. The van der Waals surface area contributed by atoms with Gasteiger partial charge in [-0.05, 0) is 41.8 Å². The highest BCUT2D eigenvalue weighted by Crippen LogP contribution is 2.28. The maximum absolute atomic E-state index is 10.1. The van der Waals surface area contributed by atoms with Crippen LogP contribution in [0.5, 0.6) is 5.75 Å². The molecule has 0 bridgehead atoms. The van der Waals surface area contributed by atoms with E-state index in [1.165, 1.54) is 0 Å². The molecule has 0 aliphatic rings. The molecule has 0 heterocycles. The highest BCUT2D eigenvalue weighted by molar-refractivity contribution is 6.03. The second kappa shape index (κ2) is 5.41. The van der Waals surface area contributed by atoms with Gasteiger partial charge in [-0.15, -0.1) is 0 Å². The predicted molar refractivity (Wildman–Crippen MR) is 88.8 cm³/mol. The van der Waals surface area contributed by atoms with Crippen molar-refractivity contribution in [2.24, 2.45) is 4.99 Å².